The second-order valence-electron chi connectivity index (χ2n) is 7.94. The number of aromatic nitrogens is 1. The first-order chi connectivity index (χ1) is 15.9. The van der Waals surface area contributed by atoms with Crippen LogP contribution in [0.15, 0.2) is 54.7 Å². The summed E-state index contributed by atoms with van der Waals surface area (Å²) in [7, 11) is 0. The molecule has 1 fully saturated rings. The summed E-state index contributed by atoms with van der Waals surface area (Å²) in [5, 5.41) is 6.21. The van der Waals surface area contributed by atoms with Gasteiger partial charge in [-0.2, -0.15) is 0 Å². The molecule has 0 radical (unpaired) electrons. The van der Waals surface area contributed by atoms with Gasteiger partial charge in [0.2, 0.25) is 11.8 Å². The molecule has 0 aliphatic carbocycles. The number of nitrogens with one attached hydrogen (secondary N) is 2. The quantitative estimate of drug-likeness (QED) is 0.593. The molecule has 5 amide bonds. The molecule has 1 unspecified atom stereocenters. The Morgan fingerprint density at radius 3 is 2.58 bits per heavy atom. The van der Waals surface area contributed by atoms with Gasteiger partial charge in [0.1, 0.15) is 11.7 Å². The van der Waals surface area contributed by atoms with Crippen LogP contribution in [0, 0.1) is 0 Å². The fourth-order valence-corrected chi connectivity index (χ4v) is 4.25. The van der Waals surface area contributed by atoms with Gasteiger partial charge in [0.25, 0.3) is 17.7 Å². The van der Waals surface area contributed by atoms with E-state index in [4.69, 9.17) is 0 Å². The lowest BCUT2D eigenvalue weighted by atomic mass is 10.0. The topological polar surface area (TPSA) is 126 Å². The van der Waals surface area contributed by atoms with Crippen LogP contribution in [-0.4, -0.2) is 45.5 Å². The fourth-order valence-electron chi connectivity index (χ4n) is 4.25. The van der Waals surface area contributed by atoms with Gasteiger partial charge in [-0.05, 0) is 29.5 Å². The maximum absolute atomic E-state index is 13.1. The monoisotopic (exact) mass is 442 g/mol. The number of amides is 5. The van der Waals surface area contributed by atoms with Crippen molar-refractivity contribution in [1.29, 1.82) is 0 Å². The summed E-state index contributed by atoms with van der Waals surface area (Å²) in [6, 6.07) is 13.0. The molecular formula is C24H18N4O5. The van der Waals surface area contributed by atoms with Crippen molar-refractivity contribution in [1.82, 2.24) is 20.5 Å². The van der Waals surface area contributed by atoms with Crippen molar-refractivity contribution in [3.05, 3.63) is 77.1 Å². The lowest BCUT2D eigenvalue weighted by Gasteiger charge is -2.29. The Morgan fingerprint density at radius 2 is 1.79 bits per heavy atom. The third-order valence-corrected chi connectivity index (χ3v) is 5.89. The van der Waals surface area contributed by atoms with Crippen LogP contribution in [0.1, 0.15) is 49.6 Å². The highest BCUT2D eigenvalue weighted by Gasteiger charge is 2.40. The Kier molecular flexibility index (Phi) is 4.93. The molecule has 1 aromatic heterocycles. The van der Waals surface area contributed by atoms with Crippen LogP contribution in [0.3, 0.4) is 0 Å². The Morgan fingerprint density at radius 1 is 1.00 bits per heavy atom. The van der Waals surface area contributed by atoms with E-state index in [9.17, 15) is 24.0 Å². The molecule has 33 heavy (non-hydrogen) atoms. The molecular weight excluding hydrogens is 424 g/mol. The van der Waals surface area contributed by atoms with Gasteiger partial charge in [0.15, 0.2) is 0 Å². The molecule has 1 saturated heterocycles. The number of benzene rings is 2. The van der Waals surface area contributed by atoms with Crippen LogP contribution in [-0.2, 0) is 16.1 Å². The van der Waals surface area contributed by atoms with Crippen LogP contribution < -0.4 is 10.6 Å². The molecule has 3 heterocycles. The molecule has 1 atom stereocenters. The van der Waals surface area contributed by atoms with E-state index < -0.39 is 29.7 Å². The van der Waals surface area contributed by atoms with E-state index in [0.717, 1.165) is 10.8 Å². The number of hydrogen-bond acceptors (Lipinski definition) is 6. The molecule has 2 aliphatic heterocycles. The van der Waals surface area contributed by atoms with E-state index in [0.29, 0.717) is 5.56 Å². The minimum Gasteiger partial charge on any atom is -0.322 e. The third kappa shape index (κ3) is 3.63. The van der Waals surface area contributed by atoms with E-state index in [1.54, 1.807) is 24.4 Å². The maximum Gasteiger partial charge on any atom is 0.276 e. The average Bonchev–Trinajstić information content (AvgIpc) is 3.15. The number of rotatable bonds is 3. The molecule has 9 nitrogen and oxygen atoms in total. The van der Waals surface area contributed by atoms with Crippen molar-refractivity contribution in [3.63, 3.8) is 0 Å². The molecule has 164 valence electrons. The minimum absolute atomic E-state index is 0.0430. The zero-order chi connectivity index (χ0) is 23.1. The van der Waals surface area contributed by atoms with Crippen molar-refractivity contribution in [3.8, 4) is 0 Å². The molecule has 2 aliphatic rings. The highest BCUT2D eigenvalue weighted by molar-refractivity contribution is 6.16. The second-order valence-corrected chi connectivity index (χ2v) is 7.94. The van der Waals surface area contributed by atoms with E-state index in [1.807, 2.05) is 24.3 Å². The first kappa shape index (κ1) is 20.5. The van der Waals surface area contributed by atoms with E-state index in [1.165, 1.54) is 11.0 Å². The molecule has 0 bridgehead atoms. The fraction of sp³-hybridized carbons (Fsp3) is 0.167. The predicted molar refractivity (Wildman–Crippen MR) is 116 cm³/mol. The van der Waals surface area contributed by atoms with E-state index >= 15 is 0 Å². The lowest BCUT2D eigenvalue weighted by molar-refractivity contribution is -0.136. The molecule has 0 saturated carbocycles. The first-order valence-corrected chi connectivity index (χ1v) is 10.4. The van der Waals surface area contributed by atoms with Crippen molar-refractivity contribution < 1.29 is 24.0 Å². The average molecular weight is 442 g/mol. The lowest BCUT2D eigenvalue weighted by Crippen LogP contribution is -2.52. The first-order valence-electron chi connectivity index (χ1n) is 10.4. The largest absolute Gasteiger partial charge is 0.322 e. The summed E-state index contributed by atoms with van der Waals surface area (Å²) in [6.45, 7) is 0.141. The van der Waals surface area contributed by atoms with Gasteiger partial charge in [-0.25, -0.2) is 0 Å². The van der Waals surface area contributed by atoms with Crippen LogP contribution in [0.5, 0.6) is 0 Å². The van der Waals surface area contributed by atoms with Gasteiger partial charge < -0.3 is 4.90 Å². The Hall–Kier alpha value is -4.40. The second kappa shape index (κ2) is 7.94. The highest BCUT2D eigenvalue weighted by atomic mass is 16.2. The van der Waals surface area contributed by atoms with Crippen LogP contribution >= 0.6 is 0 Å². The van der Waals surface area contributed by atoms with Crippen molar-refractivity contribution in [2.24, 2.45) is 0 Å². The summed E-state index contributed by atoms with van der Waals surface area (Å²) >= 11 is 0. The predicted octanol–water partition coefficient (Wildman–Crippen LogP) is 1.57. The molecule has 0 spiro atoms. The summed E-state index contributed by atoms with van der Waals surface area (Å²) in [5.74, 6) is -2.81. The molecule has 5 rings (SSSR count). The van der Waals surface area contributed by atoms with Crippen LogP contribution in [0.4, 0.5) is 0 Å². The number of carbonyl (C=O) groups excluding carboxylic acids is 5. The number of carbonyl (C=O) groups is 5. The summed E-state index contributed by atoms with van der Waals surface area (Å²) in [5.41, 5.74) is 0.847. The normalized spacial score (nSPS) is 17.6. The van der Waals surface area contributed by atoms with Crippen molar-refractivity contribution in [2.45, 2.75) is 25.4 Å². The summed E-state index contributed by atoms with van der Waals surface area (Å²) in [4.78, 5) is 67.9. The van der Waals surface area contributed by atoms with Gasteiger partial charge in [-0.15, -0.1) is 0 Å². The number of piperidine rings is 1. The number of pyridine rings is 1. The van der Waals surface area contributed by atoms with E-state index in [-0.39, 0.29) is 42.1 Å². The standard InChI is InChI=1S/C24H18N4O5/c29-19-9-8-18(23(32)26-19)28-12-15-6-3-7-16(20(15)24(28)33)21(30)27-22(31)17-10-13-4-1-2-5-14(13)11-25-17/h1-7,10-11,18H,8-9,12H2,(H,26,29,32)(H,27,30,31). The summed E-state index contributed by atoms with van der Waals surface area (Å²) in [6.07, 6.45) is 1.91. The Balaban J connectivity index is 1.38. The smallest absolute Gasteiger partial charge is 0.276 e. The molecule has 9 heteroatoms. The van der Waals surface area contributed by atoms with E-state index in [2.05, 4.69) is 15.6 Å². The van der Waals surface area contributed by atoms with Crippen molar-refractivity contribution >= 4 is 40.3 Å². The molecule has 2 aromatic carbocycles. The van der Waals surface area contributed by atoms with Gasteiger partial charge >= 0.3 is 0 Å². The Labute approximate surface area is 187 Å². The molecule has 3 aromatic rings. The maximum atomic E-state index is 13.1. The van der Waals surface area contributed by atoms with Gasteiger partial charge in [0.05, 0.1) is 11.1 Å². The van der Waals surface area contributed by atoms with Gasteiger partial charge in [-0.3, -0.25) is 39.6 Å². The van der Waals surface area contributed by atoms with Crippen molar-refractivity contribution in [2.75, 3.05) is 0 Å². The number of imide groups is 2. The zero-order valence-corrected chi connectivity index (χ0v) is 17.3. The van der Waals surface area contributed by atoms with Gasteiger partial charge in [-0.1, -0.05) is 36.4 Å². The zero-order valence-electron chi connectivity index (χ0n) is 17.3. The third-order valence-electron chi connectivity index (χ3n) is 5.89. The molecule has 2 N–H and O–H groups in total. The number of nitrogens with zero attached hydrogens (tertiary/aromatic N) is 2. The SMILES string of the molecule is O=C1CCC(N2Cc3cccc(C(=O)NC(=O)c4cc5ccccc5cn4)c3C2=O)C(=O)N1. The van der Waals surface area contributed by atoms with Crippen LogP contribution in [0.2, 0.25) is 0 Å². The minimum atomic E-state index is -0.790. The van der Waals surface area contributed by atoms with Crippen LogP contribution in [0.25, 0.3) is 10.8 Å². The summed E-state index contributed by atoms with van der Waals surface area (Å²) < 4.78 is 0. The number of fused-ring (bicyclic) bond motifs is 2. The highest BCUT2D eigenvalue weighted by Crippen LogP contribution is 2.30. The number of hydrogen-bond donors (Lipinski definition) is 2. The Bertz CT molecular complexity index is 1370. The van der Waals surface area contributed by atoms with Gasteiger partial charge in [0, 0.05) is 24.5 Å².